The van der Waals surface area contributed by atoms with Gasteiger partial charge in [0.05, 0.1) is 0 Å². The average molecular weight is 380 g/mol. The molecule has 0 spiro atoms. The molecule has 7 nitrogen and oxygen atoms in total. The van der Waals surface area contributed by atoms with Gasteiger partial charge in [-0.05, 0) is 57.7 Å². The third-order valence-electron chi connectivity index (χ3n) is 4.67. The van der Waals surface area contributed by atoms with Gasteiger partial charge in [0.25, 0.3) is 5.95 Å². The fourth-order valence-electron chi connectivity index (χ4n) is 3.31. The van der Waals surface area contributed by atoms with Crippen molar-refractivity contribution in [2.24, 2.45) is 10.9 Å². The number of nitrogens with one attached hydrogen (secondary N) is 2. The van der Waals surface area contributed by atoms with Crippen molar-refractivity contribution >= 4 is 23.6 Å². The molecule has 0 radical (unpaired) electrons. The molecule has 0 bridgehead atoms. The van der Waals surface area contributed by atoms with Gasteiger partial charge in [0.1, 0.15) is 0 Å². The van der Waals surface area contributed by atoms with Crippen LogP contribution in [0.15, 0.2) is 35.3 Å². The van der Waals surface area contributed by atoms with Crippen molar-refractivity contribution in [3.8, 4) is 0 Å². The molecule has 148 valence electrons. The summed E-state index contributed by atoms with van der Waals surface area (Å²) in [4.78, 5) is 28.1. The van der Waals surface area contributed by atoms with E-state index in [-0.39, 0.29) is 6.03 Å². The number of amides is 2. The molecule has 1 saturated heterocycles. The van der Waals surface area contributed by atoms with Gasteiger partial charge in [-0.2, -0.15) is 4.99 Å². The second kappa shape index (κ2) is 8.82. The lowest BCUT2D eigenvalue weighted by atomic mass is 10.0. The summed E-state index contributed by atoms with van der Waals surface area (Å²) in [6.07, 6.45) is 2.24. The van der Waals surface area contributed by atoms with Gasteiger partial charge in [-0.3, -0.25) is 5.32 Å². The number of guanidine groups is 1. The highest BCUT2D eigenvalue weighted by Gasteiger charge is 2.22. The molecule has 2 amide bonds. The van der Waals surface area contributed by atoms with Crippen LogP contribution >= 0.6 is 0 Å². The van der Waals surface area contributed by atoms with E-state index in [9.17, 15) is 4.79 Å². The zero-order chi connectivity index (χ0) is 20.1. The van der Waals surface area contributed by atoms with Crippen LogP contribution in [0.25, 0.3) is 0 Å². The first kappa shape index (κ1) is 19.8. The summed E-state index contributed by atoms with van der Waals surface area (Å²) in [6.45, 7) is 9.73. The fourth-order valence-corrected chi connectivity index (χ4v) is 3.31. The van der Waals surface area contributed by atoms with Gasteiger partial charge in [0.15, 0.2) is 0 Å². The monoisotopic (exact) mass is 380 g/mol. The first-order chi connectivity index (χ1) is 13.4. The molecule has 1 fully saturated rings. The number of aromatic nitrogens is 2. The standard InChI is InChI=1S/C21H28N6O/c1-14-7-9-18(10-8-14)24-21(28)26-20(27-11-5-6-15(2)13-27)25-19-22-16(3)12-17(4)23-19/h7-10,12,15H,5-6,11,13H2,1-4H3,(H2,22,23,24,25,26,28). The number of benzene rings is 1. The lowest BCUT2D eigenvalue weighted by Gasteiger charge is -2.33. The maximum atomic E-state index is 12.6. The SMILES string of the molecule is Cc1ccc(NC(=O)N/C(=N/c2nc(C)cc(C)n2)N2CCCC(C)C2)cc1. The number of hydrogen-bond acceptors (Lipinski definition) is 4. The van der Waals surface area contributed by atoms with Crippen LogP contribution in [0.1, 0.15) is 36.7 Å². The minimum atomic E-state index is -0.329. The van der Waals surface area contributed by atoms with E-state index in [2.05, 4.69) is 37.4 Å². The Morgan fingerprint density at radius 1 is 1.14 bits per heavy atom. The van der Waals surface area contributed by atoms with Crippen molar-refractivity contribution in [2.45, 2.75) is 40.5 Å². The van der Waals surface area contributed by atoms with E-state index in [1.54, 1.807) is 0 Å². The van der Waals surface area contributed by atoms with Gasteiger partial charge in [0.2, 0.25) is 5.96 Å². The van der Waals surface area contributed by atoms with Gasteiger partial charge < -0.3 is 10.2 Å². The van der Waals surface area contributed by atoms with Crippen molar-refractivity contribution in [2.75, 3.05) is 18.4 Å². The summed E-state index contributed by atoms with van der Waals surface area (Å²) in [5, 5.41) is 5.76. The predicted octanol–water partition coefficient (Wildman–Crippen LogP) is 3.94. The van der Waals surface area contributed by atoms with Crippen LogP contribution in [0.5, 0.6) is 0 Å². The number of carbonyl (C=O) groups is 1. The van der Waals surface area contributed by atoms with Crippen molar-refractivity contribution in [1.82, 2.24) is 20.2 Å². The Bertz CT molecular complexity index is 841. The van der Waals surface area contributed by atoms with Crippen molar-refractivity contribution in [3.05, 3.63) is 47.3 Å². The van der Waals surface area contributed by atoms with Gasteiger partial charge in [-0.1, -0.05) is 24.6 Å². The zero-order valence-corrected chi connectivity index (χ0v) is 17.0. The molecule has 1 aromatic heterocycles. The van der Waals surface area contributed by atoms with Crippen LogP contribution in [0.4, 0.5) is 16.4 Å². The Hall–Kier alpha value is -2.96. The average Bonchev–Trinajstić information content (AvgIpc) is 2.62. The van der Waals surface area contributed by atoms with Gasteiger partial charge in [0, 0.05) is 30.2 Å². The highest BCUT2D eigenvalue weighted by atomic mass is 16.2. The quantitative estimate of drug-likeness (QED) is 0.611. The Balaban J connectivity index is 1.81. The highest BCUT2D eigenvalue weighted by molar-refractivity contribution is 6.02. The number of nitrogens with zero attached hydrogens (tertiary/aromatic N) is 4. The van der Waals surface area contributed by atoms with E-state index in [1.165, 1.54) is 6.42 Å². The van der Waals surface area contributed by atoms with E-state index in [4.69, 9.17) is 0 Å². The Morgan fingerprint density at radius 3 is 2.46 bits per heavy atom. The summed E-state index contributed by atoms with van der Waals surface area (Å²) < 4.78 is 0. The third-order valence-corrected chi connectivity index (χ3v) is 4.67. The largest absolute Gasteiger partial charge is 0.342 e. The van der Waals surface area contributed by atoms with Gasteiger partial charge in [-0.25, -0.2) is 14.8 Å². The topological polar surface area (TPSA) is 82.5 Å². The van der Waals surface area contributed by atoms with Crippen molar-refractivity contribution in [3.63, 3.8) is 0 Å². The zero-order valence-electron chi connectivity index (χ0n) is 17.0. The molecule has 2 aromatic rings. The molecule has 28 heavy (non-hydrogen) atoms. The minimum absolute atomic E-state index is 0.329. The number of anilines is 1. The molecule has 1 aromatic carbocycles. The van der Waals surface area contributed by atoms with Crippen LogP contribution in [-0.2, 0) is 0 Å². The Morgan fingerprint density at radius 2 is 1.82 bits per heavy atom. The van der Waals surface area contributed by atoms with Crippen LogP contribution in [0, 0.1) is 26.7 Å². The summed E-state index contributed by atoms with van der Waals surface area (Å²) in [5.41, 5.74) is 3.57. The van der Waals surface area contributed by atoms with E-state index < -0.39 is 0 Å². The number of aliphatic imine (C=N–C) groups is 1. The second-order valence-electron chi connectivity index (χ2n) is 7.52. The predicted molar refractivity (Wildman–Crippen MR) is 112 cm³/mol. The van der Waals surface area contributed by atoms with Crippen molar-refractivity contribution in [1.29, 1.82) is 0 Å². The lowest BCUT2D eigenvalue weighted by Crippen LogP contribution is -2.49. The number of urea groups is 1. The molecule has 1 aliphatic rings. The maximum Gasteiger partial charge on any atom is 0.326 e. The van der Waals surface area contributed by atoms with E-state index in [0.29, 0.717) is 17.8 Å². The molecule has 0 aliphatic carbocycles. The number of carbonyl (C=O) groups excluding carboxylic acids is 1. The maximum absolute atomic E-state index is 12.6. The Labute approximate surface area is 166 Å². The van der Waals surface area contributed by atoms with Crippen LogP contribution in [0.3, 0.4) is 0 Å². The third kappa shape index (κ3) is 5.52. The van der Waals surface area contributed by atoms with Gasteiger partial charge >= 0.3 is 6.03 Å². The number of aryl methyl sites for hydroxylation is 3. The number of hydrogen-bond donors (Lipinski definition) is 2. The number of rotatable bonds is 2. The number of piperidine rings is 1. The number of likely N-dealkylation sites (tertiary alicyclic amines) is 1. The Kier molecular flexibility index (Phi) is 6.23. The van der Waals surface area contributed by atoms with Crippen LogP contribution < -0.4 is 10.6 Å². The molecule has 7 heteroatoms. The fraction of sp³-hybridized carbons (Fsp3) is 0.429. The molecular weight excluding hydrogens is 352 g/mol. The molecule has 2 heterocycles. The molecule has 2 N–H and O–H groups in total. The highest BCUT2D eigenvalue weighted by Crippen LogP contribution is 2.17. The second-order valence-corrected chi connectivity index (χ2v) is 7.52. The van der Waals surface area contributed by atoms with E-state index in [0.717, 1.165) is 42.1 Å². The summed E-state index contributed by atoms with van der Waals surface area (Å²) in [5.74, 6) is 1.39. The molecule has 1 aliphatic heterocycles. The van der Waals surface area contributed by atoms with E-state index in [1.807, 2.05) is 51.1 Å². The normalized spacial score (nSPS) is 17.4. The van der Waals surface area contributed by atoms with Crippen LogP contribution in [0.2, 0.25) is 0 Å². The molecule has 0 saturated carbocycles. The van der Waals surface area contributed by atoms with Crippen molar-refractivity contribution < 1.29 is 4.79 Å². The summed E-state index contributed by atoms with van der Waals surface area (Å²) >= 11 is 0. The molecule has 1 atom stereocenters. The lowest BCUT2D eigenvalue weighted by molar-refractivity contribution is 0.247. The molecule has 3 rings (SSSR count). The molecule has 1 unspecified atom stereocenters. The first-order valence-corrected chi connectivity index (χ1v) is 9.69. The molecular formula is C21H28N6O. The minimum Gasteiger partial charge on any atom is -0.342 e. The first-order valence-electron chi connectivity index (χ1n) is 9.69. The summed E-state index contributed by atoms with van der Waals surface area (Å²) in [6, 6.07) is 9.24. The summed E-state index contributed by atoms with van der Waals surface area (Å²) in [7, 11) is 0. The van der Waals surface area contributed by atoms with Crippen LogP contribution in [-0.4, -0.2) is 39.9 Å². The van der Waals surface area contributed by atoms with Gasteiger partial charge in [-0.15, -0.1) is 0 Å². The van der Waals surface area contributed by atoms with E-state index >= 15 is 0 Å². The smallest absolute Gasteiger partial charge is 0.326 e.